The molecule has 7 heteroatoms. The molecule has 0 saturated heterocycles. The van der Waals surface area contributed by atoms with Crippen molar-refractivity contribution in [1.29, 1.82) is 0 Å². The number of nitrogens with one attached hydrogen (secondary N) is 2. The maximum Gasteiger partial charge on any atom is 0.136 e. The van der Waals surface area contributed by atoms with Gasteiger partial charge in [-0.05, 0) is 26.1 Å². The molecule has 0 amide bonds. The highest BCUT2D eigenvalue weighted by Gasteiger charge is 2.11. The summed E-state index contributed by atoms with van der Waals surface area (Å²) in [5.41, 5.74) is 6.74. The van der Waals surface area contributed by atoms with Gasteiger partial charge in [-0.3, -0.25) is 0 Å². The quantitative estimate of drug-likeness (QED) is 0.618. The van der Waals surface area contributed by atoms with Crippen LogP contribution in [0.15, 0.2) is 16.5 Å². The number of nitrogens with zero attached hydrogens (tertiary/aromatic N) is 2. The van der Waals surface area contributed by atoms with Gasteiger partial charge in [0.05, 0.1) is 12.1 Å². The Hall–Kier alpha value is -2.12. The van der Waals surface area contributed by atoms with E-state index < -0.39 is 0 Å². The summed E-state index contributed by atoms with van der Waals surface area (Å²) in [6.45, 7) is 2.73. The number of aryl methyl sites for hydroxylation is 1. The number of furan rings is 1. The molecule has 2 aromatic heterocycles. The summed E-state index contributed by atoms with van der Waals surface area (Å²) < 4.78 is 5.41. The van der Waals surface area contributed by atoms with Gasteiger partial charge in [-0.25, -0.2) is 9.97 Å². The van der Waals surface area contributed by atoms with Crippen LogP contribution in [0.25, 0.3) is 0 Å². The molecule has 0 fully saturated rings. The van der Waals surface area contributed by atoms with Crippen molar-refractivity contribution in [3.05, 3.63) is 35.0 Å². The van der Waals surface area contributed by atoms with E-state index >= 15 is 0 Å². The molecule has 0 bridgehead atoms. The van der Waals surface area contributed by atoms with Gasteiger partial charge in [-0.1, -0.05) is 0 Å². The van der Waals surface area contributed by atoms with Gasteiger partial charge in [0, 0.05) is 6.54 Å². The zero-order chi connectivity index (χ0) is 14.5. The van der Waals surface area contributed by atoms with Crippen LogP contribution in [0.5, 0.6) is 0 Å². The lowest BCUT2D eigenvalue weighted by Gasteiger charge is -2.12. The minimum Gasteiger partial charge on any atom is -0.462 e. The summed E-state index contributed by atoms with van der Waals surface area (Å²) >= 11 is 0. The van der Waals surface area contributed by atoms with E-state index in [1.807, 2.05) is 13.1 Å². The second kappa shape index (κ2) is 6.36. The summed E-state index contributed by atoms with van der Waals surface area (Å²) in [6.07, 6.45) is 0. The predicted octanol–water partition coefficient (Wildman–Crippen LogP) is 0.784. The SMILES string of the molecule is CNCc1c(N)nc(C)nc1NCc1ccc(CO)o1. The van der Waals surface area contributed by atoms with E-state index in [0.717, 1.165) is 11.3 Å². The van der Waals surface area contributed by atoms with Gasteiger partial charge in [-0.15, -0.1) is 0 Å². The number of anilines is 2. The molecular formula is C13H19N5O2. The number of aromatic nitrogens is 2. The van der Waals surface area contributed by atoms with Crippen LogP contribution in [0.1, 0.15) is 22.9 Å². The molecule has 2 heterocycles. The average molecular weight is 277 g/mol. The molecule has 0 aliphatic rings. The van der Waals surface area contributed by atoms with E-state index in [-0.39, 0.29) is 6.61 Å². The molecule has 0 unspecified atom stereocenters. The maximum atomic E-state index is 8.96. The fourth-order valence-electron chi connectivity index (χ4n) is 1.89. The van der Waals surface area contributed by atoms with Crippen molar-refractivity contribution in [2.75, 3.05) is 18.1 Å². The first-order chi connectivity index (χ1) is 9.63. The first-order valence-corrected chi connectivity index (χ1v) is 6.34. The maximum absolute atomic E-state index is 8.96. The Balaban J connectivity index is 2.15. The van der Waals surface area contributed by atoms with Crippen LogP contribution < -0.4 is 16.4 Å². The molecule has 2 aromatic rings. The minimum atomic E-state index is -0.107. The third-order valence-electron chi connectivity index (χ3n) is 2.81. The monoisotopic (exact) mass is 277 g/mol. The largest absolute Gasteiger partial charge is 0.462 e. The fourth-order valence-corrected chi connectivity index (χ4v) is 1.89. The van der Waals surface area contributed by atoms with Crippen LogP contribution in [0, 0.1) is 6.92 Å². The van der Waals surface area contributed by atoms with E-state index in [0.29, 0.717) is 36.3 Å². The lowest BCUT2D eigenvalue weighted by Crippen LogP contribution is -2.15. The van der Waals surface area contributed by atoms with Gasteiger partial charge >= 0.3 is 0 Å². The second-order valence-electron chi connectivity index (χ2n) is 4.39. The number of nitrogens with two attached hydrogens (primary N) is 1. The number of aliphatic hydroxyl groups excluding tert-OH is 1. The number of aliphatic hydroxyl groups is 1. The summed E-state index contributed by atoms with van der Waals surface area (Å²) in [7, 11) is 1.84. The number of rotatable bonds is 6. The molecule has 0 saturated carbocycles. The zero-order valence-corrected chi connectivity index (χ0v) is 11.6. The molecule has 0 aliphatic carbocycles. The van der Waals surface area contributed by atoms with Gasteiger partial charge in [0.1, 0.15) is 35.6 Å². The molecule has 0 aromatic carbocycles. The third kappa shape index (κ3) is 3.25. The van der Waals surface area contributed by atoms with Gasteiger partial charge in [0.2, 0.25) is 0 Å². The van der Waals surface area contributed by atoms with Crippen molar-refractivity contribution >= 4 is 11.6 Å². The summed E-state index contributed by atoms with van der Waals surface area (Å²) in [5.74, 6) is 3.02. The van der Waals surface area contributed by atoms with E-state index in [1.165, 1.54) is 0 Å². The Kier molecular flexibility index (Phi) is 4.54. The van der Waals surface area contributed by atoms with Crippen molar-refractivity contribution < 1.29 is 9.52 Å². The highest BCUT2D eigenvalue weighted by Crippen LogP contribution is 2.19. The lowest BCUT2D eigenvalue weighted by molar-refractivity contribution is 0.244. The van der Waals surface area contributed by atoms with Gasteiger partial charge < -0.3 is 25.9 Å². The molecule has 20 heavy (non-hydrogen) atoms. The topological polar surface area (TPSA) is 109 Å². The molecule has 7 nitrogen and oxygen atoms in total. The van der Waals surface area contributed by atoms with Crippen LogP contribution in [0.2, 0.25) is 0 Å². The van der Waals surface area contributed by atoms with Crippen LogP contribution >= 0.6 is 0 Å². The van der Waals surface area contributed by atoms with E-state index in [9.17, 15) is 0 Å². The second-order valence-corrected chi connectivity index (χ2v) is 4.39. The molecule has 0 atom stereocenters. The fraction of sp³-hybridized carbons (Fsp3) is 0.385. The first-order valence-electron chi connectivity index (χ1n) is 6.34. The van der Waals surface area contributed by atoms with Crippen LogP contribution in [-0.4, -0.2) is 22.1 Å². The molecular weight excluding hydrogens is 258 g/mol. The minimum absolute atomic E-state index is 0.107. The van der Waals surface area contributed by atoms with Crippen molar-refractivity contribution in [2.45, 2.75) is 26.6 Å². The van der Waals surface area contributed by atoms with E-state index in [1.54, 1.807) is 13.0 Å². The molecule has 108 valence electrons. The number of hydrogen-bond donors (Lipinski definition) is 4. The van der Waals surface area contributed by atoms with Gasteiger partial charge in [0.25, 0.3) is 0 Å². The Morgan fingerprint density at radius 2 is 2.00 bits per heavy atom. The van der Waals surface area contributed by atoms with Crippen molar-refractivity contribution in [1.82, 2.24) is 15.3 Å². The Bertz CT molecular complexity index is 582. The number of hydrogen-bond acceptors (Lipinski definition) is 7. The summed E-state index contributed by atoms with van der Waals surface area (Å²) in [4.78, 5) is 8.52. The zero-order valence-electron chi connectivity index (χ0n) is 11.6. The van der Waals surface area contributed by atoms with E-state index in [4.69, 9.17) is 15.3 Å². The molecule has 0 radical (unpaired) electrons. The molecule has 0 spiro atoms. The van der Waals surface area contributed by atoms with Crippen LogP contribution in [0.3, 0.4) is 0 Å². The average Bonchev–Trinajstić information content (AvgIpc) is 2.88. The highest BCUT2D eigenvalue weighted by molar-refractivity contribution is 5.55. The van der Waals surface area contributed by atoms with Gasteiger partial charge in [0.15, 0.2) is 0 Å². The summed E-state index contributed by atoms with van der Waals surface area (Å²) in [5, 5.41) is 15.2. The van der Waals surface area contributed by atoms with Gasteiger partial charge in [-0.2, -0.15) is 0 Å². The Labute approximate surface area is 117 Å². The van der Waals surface area contributed by atoms with Crippen LogP contribution in [-0.2, 0) is 19.7 Å². The van der Waals surface area contributed by atoms with E-state index in [2.05, 4.69) is 20.6 Å². The van der Waals surface area contributed by atoms with Crippen molar-refractivity contribution in [3.63, 3.8) is 0 Å². The number of nitrogen functional groups attached to an aromatic ring is 1. The first kappa shape index (κ1) is 14.3. The molecule has 2 rings (SSSR count). The molecule has 5 N–H and O–H groups in total. The predicted molar refractivity (Wildman–Crippen MR) is 75.9 cm³/mol. The third-order valence-corrected chi connectivity index (χ3v) is 2.81. The standard InChI is InChI=1S/C13H19N5O2/c1-8-17-12(14)11(6-15-2)13(18-8)16-5-9-3-4-10(7-19)20-9/h3-4,15,19H,5-7H2,1-2H3,(H3,14,16,17,18). The smallest absolute Gasteiger partial charge is 0.136 e. The lowest BCUT2D eigenvalue weighted by atomic mass is 10.2. The Morgan fingerprint density at radius 1 is 1.25 bits per heavy atom. The highest BCUT2D eigenvalue weighted by atomic mass is 16.4. The molecule has 0 aliphatic heterocycles. The normalized spacial score (nSPS) is 10.8. The Morgan fingerprint density at radius 3 is 2.65 bits per heavy atom. The van der Waals surface area contributed by atoms with Crippen molar-refractivity contribution in [3.8, 4) is 0 Å². The van der Waals surface area contributed by atoms with Crippen LogP contribution in [0.4, 0.5) is 11.6 Å². The summed E-state index contributed by atoms with van der Waals surface area (Å²) in [6, 6.07) is 3.55. The van der Waals surface area contributed by atoms with Crippen molar-refractivity contribution in [2.24, 2.45) is 0 Å².